The second-order valence-corrected chi connectivity index (χ2v) is 12.7. The summed E-state index contributed by atoms with van der Waals surface area (Å²) in [5.41, 5.74) is 4.59. The van der Waals surface area contributed by atoms with E-state index in [-0.39, 0.29) is 24.2 Å². The summed E-state index contributed by atoms with van der Waals surface area (Å²) in [6, 6.07) is 14.2. The van der Waals surface area contributed by atoms with Crippen LogP contribution in [0.25, 0.3) is 22.4 Å². The van der Waals surface area contributed by atoms with Crippen LogP contribution in [-0.4, -0.2) is 52.3 Å². The van der Waals surface area contributed by atoms with Crippen molar-refractivity contribution in [1.82, 2.24) is 15.0 Å². The topological polar surface area (TPSA) is 107 Å². The standard InChI is InChI=1S/C34H32Cl2N4O5/c1-43-33(41)25-12-9-21(14-26(25)20-4-3-13-37-17-20)38-34(42)40-22-10-11-23(40)16-24(15-22)44-18-27-31(39-45-32(27)19-7-8-19)30-28(35)5-2-6-29(30)36/h2-6,9,12-14,17,19,22-24H,7-8,10-11,15-16,18H2,1H3,(H,38,42). The van der Waals surface area contributed by atoms with Crippen LogP contribution in [0.15, 0.2) is 65.4 Å². The molecule has 232 valence electrons. The molecule has 4 aromatic rings. The number of carbonyl (C=O) groups is 2. The Morgan fingerprint density at radius 2 is 1.78 bits per heavy atom. The van der Waals surface area contributed by atoms with E-state index in [9.17, 15) is 9.59 Å². The van der Waals surface area contributed by atoms with Gasteiger partial charge in [-0.2, -0.15) is 0 Å². The molecule has 9 nitrogen and oxygen atoms in total. The average molecular weight is 648 g/mol. The van der Waals surface area contributed by atoms with Gasteiger partial charge in [-0.3, -0.25) is 4.98 Å². The monoisotopic (exact) mass is 646 g/mol. The number of piperidine rings is 1. The van der Waals surface area contributed by atoms with Crippen molar-refractivity contribution in [2.75, 3.05) is 12.4 Å². The zero-order valence-electron chi connectivity index (χ0n) is 24.7. The van der Waals surface area contributed by atoms with Crippen molar-refractivity contribution in [3.8, 4) is 22.4 Å². The Labute approximate surface area is 270 Å². The number of anilines is 1. The number of halogens is 2. The predicted octanol–water partition coefficient (Wildman–Crippen LogP) is 8.12. The van der Waals surface area contributed by atoms with Gasteiger partial charge in [0.2, 0.25) is 0 Å². The molecule has 2 saturated heterocycles. The van der Waals surface area contributed by atoms with E-state index in [1.54, 1.807) is 48.8 Å². The van der Waals surface area contributed by atoms with Gasteiger partial charge in [0.25, 0.3) is 0 Å². The van der Waals surface area contributed by atoms with E-state index in [2.05, 4.69) is 15.5 Å². The average Bonchev–Trinajstić information content (AvgIpc) is 3.75. The van der Waals surface area contributed by atoms with E-state index < -0.39 is 5.97 Å². The largest absolute Gasteiger partial charge is 0.465 e. The number of methoxy groups -OCH3 is 1. The molecule has 1 saturated carbocycles. The van der Waals surface area contributed by atoms with Crippen LogP contribution >= 0.6 is 23.2 Å². The van der Waals surface area contributed by atoms with E-state index >= 15 is 0 Å². The maximum absolute atomic E-state index is 13.6. The Bertz CT molecular complexity index is 1710. The summed E-state index contributed by atoms with van der Waals surface area (Å²) in [6.07, 6.45) is 8.76. The van der Waals surface area contributed by atoms with Crippen LogP contribution in [-0.2, 0) is 16.1 Å². The molecule has 2 atom stereocenters. The molecular formula is C34H32Cl2N4O5. The molecule has 0 radical (unpaired) electrons. The molecule has 4 heterocycles. The number of rotatable bonds is 8. The fourth-order valence-corrected chi connectivity index (χ4v) is 7.28. The molecule has 2 amide bonds. The van der Waals surface area contributed by atoms with Gasteiger partial charge in [0.15, 0.2) is 0 Å². The molecule has 2 aromatic carbocycles. The minimum atomic E-state index is -0.454. The molecule has 0 spiro atoms. The Morgan fingerprint density at radius 1 is 1.02 bits per heavy atom. The van der Waals surface area contributed by atoms with Crippen LogP contribution in [0.2, 0.25) is 10.0 Å². The molecule has 11 heteroatoms. The summed E-state index contributed by atoms with van der Waals surface area (Å²) in [5, 5.41) is 8.48. The molecule has 45 heavy (non-hydrogen) atoms. The SMILES string of the molecule is COC(=O)c1ccc(NC(=O)N2C3CCC2CC(OCc2c(-c4c(Cl)cccc4Cl)noc2C2CC2)C3)cc1-c1cccnc1. The molecule has 3 fully saturated rings. The molecule has 7 rings (SSSR count). The highest BCUT2D eigenvalue weighted by molar-refractivity contribution is 6.39. The minimum Gasteiger partial charge on any atom is -0.465 e. The summed E-state index contributed by atoms with van der Waals surface area (Å²) in [4.78, 5) is 32.2. The number of pyridine rings is 1. The Balaban J connectivity index is 1.05. The van der Waals surface area contributed by atoms with Gasteiger partial charge in [-0.1, -0.05) is 40.5 Å². The first kappa shape index (κ1) is 29.8. The Kier molecular flexibility index (Phi) is 8.25. The fraction of sp³-hybridized carbons (Fsp3) is 0.353. The van der Waals surface area contributed by atoms with Crippen molar-refractivity contribution < 1.29 is 23.6 Å². The third-order valence-electron chi connectivity index (χ3n) is 9.00. The Morgan fingerprint density at radius 3 is 2.44 bits per heavy atom. The molecule has 1 aliphatic carbocycles. The van der Waals surface area contributed by atoms with Crippen LogP contribution in [0.3, 0.4) is 0 Å². The van der Waals surface area contributed by atoms with E-state index in [1.165, 1.54) is 7.11 Å². The summed E-state index contributed by atoms with van der Waals surface area (Å²) in [6.45, 7) is 0.339. The number of hydrogen-bond acceptors (Lipinski definition) is 7. The number of hydrogen-bond donors (Lipinski definition) is 1. The van der Waals surface area contributed by atoms with Crippen LogP contribution in [0.1, 0.15) is 66.1 Å². The van der Waals surface area contributed by atoms with Crippen molar-refractivity contribution in [1.29, 1.82) is 0 Å². The fourth-order valence-electron chi connectivity index (χ4n) is 6.70. The van der Waals surface area contributed by atoms with Gasteiger partial charge < -0.3 is 24.2 Å². The van der Waals surface area contributed by atoms with Gasteiger partial charge in [0.05, 0.1) is 35.4 Å². The lowest BCUT2D eigenvalue weighted by molar-refractivity contribution is -0.0158. The number of amides is 2. The highest BCUT2D eigenvalue weighted by Crippen LogP contribution is 2.46. The van der Waals surface area contributed by atoms with Crippen molar-refractivity contribution in [3.05, 3.63) is 87.9 Å². The summed E-state index contributed by atoms with van der Waals surface area (Å²) >= 11 is 13.1. The van der Waals surface area contributed by atoms with E-state index in [4.69, 9.17) is 37.2 Å². The normalized spacial score (nSPS) is 20.7. The van der Waals surface area contributed by atoms with Crippen LogP contribution in [0.4, 0.5) is 10.5 Å². The van der Waals surface area contributed by atoms with Gasteiger partial charge >= 0.3 is 12.0 Å². The molecule has 3 aliphatic rings. The minimum absolute atomic E-state index is 0.0143. The first-order chi connectivity index (χ1) is 21.9. The number of ether oxygens (including phenoxy) is 2. The summed E-state index contributed by atoms with van der Waals surface area (Å²) in [7, 11) is 1.35. The zero-order chi connectivity index (χ0) is 31.1. The van der Waals surface area contributed by atoms with Gasteiger partial charge in [-0.25, -0.2) is 9.59 Å². The Hall–Kier alpha value is -3.92. The lowest BCUT2D eigenvalue weighted by Gasteiger charge is -2.38. The van der Waals surface area contributed by atoms with Crippen molar-refractivity contribution in [2.45, 2.75) is 69.2 Å². The summed E-state index contributed by atoms with van der Waals surface area (Å²) in [5.74, 6) is 0.738. The first-order valence-corrected chi connectivity index (χ1v) is 15.9. The second-order valence-electron chi connectivity index (χ2n) is 11.9. The van der Waals surface area contributed by atoms with Crippen molar-refractivity contribution in [3.63, 3.8) is 0 Å². The molecule has 2 unspecified atom stereocenters. The highest BCUT2D eigenvalue weighted by Gasteiger charge is 2.44. The van der Waals surface area contributed by atoms with Gasteiger partial charge in [0, 0.05) is 52.8 Å². The predicted molar refractivity (Wildman–Crippen MR) is 170 cm³/mol. The number of nitrogens with one attached hydrogen (secondary N) is 1. The number of carbonyl (C=O) groups excluding carboxylic acids is 2. The van der Waals surface area contributed by atoms with Crippen molar-refractivity contribution in [2.24, 2.45) is 0 Å². The van der Waals surface area contributed by atoms with Crippen LogP contribution in [0, 0.1) is 0 Å². The number of nitrogens with zero attached hydrogens (tertiary/aromatic N) is 3. The van der Waals surface area contributed by atoms with Crippen LogP contribution < -0.4 is 5.32 Å². The molecular weight excluding hydrogens is 615 g/mol. The maximum atomic E-state index is 13.6. The van der Waals surface area contributed by atoms with E-state index in [0.717, 1.165) is 55.4 Å². The molecule has 1 N–H and O–H groups in total. The lowest BCUT2D eigenvalue weighted by atomic mass is 9.99. The lowest BCUT2D eigenvalue weighted by Crippen LogP contribution is -2.50. The number of esters is 1. The van der Waals surface area contributed by atoms with Crippen LogP contribution in [0.5, 0.6) is 0 Å². The number of aromatic nitrogens is 2. The number of fused-ring (bicyclic) bond motifs is 2. The zero-order valence-corrected chi connectivity index (χ0v) is 26.2. The van der Waals surface area contributed by atoms with Gasteiger partial charge in [-0.05, 0) is 80.5 Å². The maximum Gasteiger partial charge on any atom is 0.338 e. The third-order valence-corrected chi connectivity index (χ3v) is 9.63. The highest BCUT2D eigenvalue weighted by atomic mass is 35.5. The van der Waals surface area contributed by atoms with E-state index in [0.29, 0.717) is 50.6 Å². The van der Waals surface area contributed by atoms with Crippen molar-refractivity contribution >= 4 is 40.9 Å². The summed E-state index contributed by atoms with van der Waals surface area (Å²) < 4.78 is 17.3. The molecule has 2 aliphatic heterocycles. The molecule has 2 aromatic heterocycles. The van der Waals surface area contributed by atoms with E-state index in [1.807, 2.05) is 17.0 Å². The first-order valence-electron chi connectivity index (χ1n) is 15.2. The number of urea groups is 1. The quantitative estimate of drug-likeness (QED) is 0.193. The van der Waals surface area contributed by atoms with Gasteiger partial charge in [-0.15, -0.1) is 0 Å². The molecule has 2 bridgehead atoms. The third kappa shape index (κ3) is 5.92. The number of benzene rings is 2. The van der Waals surface area contributed by atoms with Gasteiger partial charge in [0.1, 0.15) is 11.5 Å². The second kappa shape index (κ2) is 12.5. The smallest absolute Gasteiger partial charge is 0.338 e.